The molecule has 0 aromatic carbocycles. The summed E-state index contributed by atoms with van der Waals surface area (Å²) in [5.41, 5.74) is 0.818. The van der Waals surface area contributed by atoms with Crippen LogP contribution in [0.4, 0.5) is 0 Å². The Hall–Kier alpha value is 0.430. The summed E-state index contributed by atoms with van der Waals surface area (Å²) in [6.45, 7) is 9.95. The predicted molar refractivity (Wildman–Crippen MR) is 224 cm³/mol. The van der Waals surface area contributed by atoms with Gasteiger partial charge >= 0.3 is 5.97 Å². The van der Waals surface area contributed by atoms with Gasteiger partial charge in [0.05, 0.1) is 0 Å². The molecular weight excluding hydrogens is 744 g/mol. The average Bonchev–Trinajstić information content (AvgIpc) is 3.43. The molecule has 0 amide bonds. The van der Waals surface area contributed by atoms with E-state index in [1.165, 1.54) is 180 Å². The van der Waals surface area contributed by atoms with Gasteiger partial charge in [-0.05, 0) is 92.3 Å². The number of esters is 1. The fourth-order valence-electron chi connectivity index (χ4n) is 12.1. The molecule has 9 atom stereocenters. The molecule has 2 nitrogen and oxygen atoms in total. The molecule has 0 heterocycles. The normalized spacial score (nSPS) is 35.0. The molecule has 0 radical (unpaired) electrons. The third-order valence-electron chi connectivity index (χ3n) is 15.3. The maximum absolute atomic E-state index is 13.0. The minimum Gasteiger partial charge on any atom is -0.462 e. The van der Waals surface area contributed by atoms with Crippen LogP contribution in [0, 0.1) is 34.5 Å². The Balaban J connectivity index is 1.11. The Morgan fingerprint density at radius 1 is 0.640 bits per heavy atom. The first-order chi connectivity index (χ1) is 24.2. The molecular formula is C46H82Br2O2. The summed E-state index contributed by atoms with van der Waals surface area (Å²) in [6, 6.07) is 0. The van der Waals surface area contributed by atoms with Crippen molar-refractivity contribution in [1.29, 1.82) is 0 Å². The number of alkyl halides is 2. The highest BCUT2D eigenvalue weighted by Crippen LogP contribution is 2.71. The first kappa shape index (κ1) is 43.2. The van der Waals surface area contributed by atoms with Crippen LogP contribution >= 0.6 is 31.9 Å². The molecule has 4 rings (SSSR count). The topological polar surface area (TPSA) is 26.3 Å². The van der Waals surface area contributed by atoms with Crippen LogP contribution in [0.5, 0.6) is 0 Å². The number of rotatable bonds is 25. The number of hydrogen-bond donors (Lipinski definition) is 0. The van der Waals surface area contributed by atoms with E-state index >= 15 is 0 Å². The summed E-state index contributed by atoms with van der Waals surface area (Å²) in [5.74, 6) is 3.54. The summed E-state index contributed by atoms with van der Waals surface area (Å²) >= 11 is 8.73. The molecule has 0 aromatic rings. The maximum Gasteiger partial charge on any atom is 0.306 e. The van der Waals surface area contributed by atoms with Gasteiger partial charge in [-0.15, -0.1) is 0 Å². The summed E-state index contributed by atoms with van der Waals surface area (Å²) in [6.07, 6.45) is 42.7. The molecule has 2 unspecified atom stereocenters. The van der Waals surface area contributed by atoms with Crippen LogP contribution in [0.3, 0.4) is 0 Å². The van der Waals surface area contributed by atoms with Crippen LogP contribution in [0.2, 0.25) is 0 Å². The zero-order valence-electron chi connectivity index (χ0n) is 33.7. The minimum absolute atomic E-state index is 0.0167. The third-order valence-corrected chi connectivity index (χ3v) is 18.9. The van der Waals surface area contributed by atoms with Crippen molar-refractivity contribution in [3.63, 3.8) is 0 Å². The first-order valence-electron chi connectivity index (χ1n) is 22.7. The lowest BCUT2D eigenvalue weighted by atomic mass is 9.44. The number of hydrogen-bond acceptors (Lipinski definition) is 2. The van der Waals surface area contributed by atoms with Crippen molar-refractivity contribution in [2.75, 3.05) is 0 Å². The van der Waals surface area contributed by atoms with E-state index in [2.05, 4.69) is 59.6 Å². The summed E-state index contributed by atoms with van der Waals surface area (Å²) in [7, 11) is 0. The molecule has 4 heteroatoms. The summed E-state index contributed by atoms with van der Waals surface area (Å²) in [4.78, 5) is 13.4. The van der Waals surface area contributed by atoms with Crippen LogP contribution in [0.1, 0.15) is 233 Å². The van der Waals surface area contributed by atoms with E-state index in [0.29, 0.717) is 16.7 Å². The SMILES string of the molecule is CCCCCCCCCCCCCCCCCCC(=O)O[C@H]1CC[C@]2(C)[C@H]3CC[C@]4(C)[C@@H](CCCCCCCC)CC[C@H]4[C@@H]3CC(Br)C2(Br)C1. The van der Waals surface area contributed by atoms with Crippen LogP contribution in [0.15, 0.2) is 0 Å². The largest absolute Gasteiger partial charge is 0.462 e. The highest BCUT2D eigenvalue weighted by Gasteiger charge is 2.66. The van der Waals surface area contributed by atoms with Crippen molar-refractivity contribution in [3.05, 3.63) is 0 Å². The van der Waals surface area contributed by atoms with Crippen molar-refractivity contribution in [1.82, 2.24) is 0 Å². The van der Waals surface area contributed by atoms with Gasteiger partial charge in [-0.25, -0.2) is 0 Å². The average molecular weight is 827 g/mol. The van der Waals surface area contributed by atoms with Gasteiger partial charge in [0.25, 0.3) is 0 Å². The first-order valence-corrected chi connectivity index (χ1v) is 24.4. The Morgan fingerprint density at radius 3 is 1.72 bits per heavy atom. The van der Waals surface area contributed by atoms with E-state index in [1.807, 2.05) is 0 Å². The summed E-state index contributed by atoms with van der Waals surface area (Å²) in [5, 5.41) is 0. The number of fused-ring (bicyclic) bond motifs is 5. The fraction of sp³-hybridized carbons (Fsp3) is 0.978. The van der Waals surface area contributed by atoms with Crippen molar-refractivity contribution < 1.29 is 9.53 Å². The molecule has 0 aliphatic heterocycles. The second kappa shape index (κ2) is 22.1. The molecule has 0 saturated heterocycles. The molecule has 50 heavy (non-hydrogen) atoms. The molecule has 0 aromatic heterocycles. The lowest BCUT2D eigenvalue weighted by molar-refractivity contribution is -0.157. The second-order valence-corrected chi connectivity index (χ2v) is 21.2. The Bertz CT molecular complexity index is 954. The zero-order valence-corrected chi connectivity index (χ0v) is 36.8. The van der Waals surface area contributed by atoms with Crippen LogP contribution in [0.25, 0.3) is 0 Å². The Labute approximate surface area is 328 Å². The monoisotopic (exact) mass is 824 g/mol. The van der Waals surface area contributed by atoms with Gasteiger partial charge in [0.2, 0.25) is 0 Å². The van der Waals surface area contributed by atoms with Crippen molar-refractivity contribution in [3.8, 4) is 0 Å². The Morgan fingerprint density at radius 2 is 1.16 bits per heavy atom. The molecule has 4 fully saturated rings. The van der Waals surface area contributed by atoms with Gasteiger partial charge in [-0.3, -0.25) is 4.79 Å². The highest BCUT2D eigenvalue weighted by atomic mass is 79.9. The van der Waals surface area contributed by atoms with Gasteiger partial charge in [0, 0.05) is 22.0 Å². The number of carbonyl (C=O) groups excluding carboxylic acids is 1. The lowest BCUT2D eigenvalue weighted by Crippen LogP contribution is -2.64. The quantitative estimate of drug-likeness (QED) is 0.0521. The lowest BCUT2D eigenvalue weighted by Gasteiger charge is -2.65. The van der Waals surface area contributed by atoms with Gasteiger partial charge in [-0.1, -0.05) is 194 Å². The van der Waals surface area contributed by atoms with Crippen LogP contribution in [-0.4, -0.2) is 21.2 Å². The molecule has 292 valence electrons. The Kier molecular flexibility index (Phi) is 19.1. The molecule has 4 aliphatic carbocycles. The smallest absolute Gasteiger partial charge is 0.306 e. The molecule has 0 bridgehead atoms. The molecule has 4 aliphatic rings. The third kappa shape index (κ3) is 11.5. The van der Waals surface area contributed by atoms with E-state index < -0.39 is 0 Å². The fourth-order valence-corrected chi connectivity index (χ4v) is 14.2. The number of unbranched alkanes of at least 4 members (excludes halogenated alkanes) is 20. The summed E-state index contributed by atoms with van der Waals surface area (Å²) < 4.78 is 6.25. The standard InChI is InChI=1S/C46H82Br2O2/c1-5-7-9-11-13-14-15-16-17-18-19-20-21-22-24-26-28-43(49)50-38-31-34-45(4)41-32-33-44(3)37(27-25-23-12-10-8-6-2)29-30-40(44)39(41)35-42(47)46(45,48)36-38/h37-42H,5-36H2,1-4H3/t37-,38-,39-,40-,41-,42?,44+,45+,46?/m0/s1. The number of carbonyl (C=O) groups is 1. The van der Waals surface area contributed by atoms with E-state index in [0.717, 1.165) is 42.9 Å². The molecule has 0 N–H and O–H groups in total. The zero-order chi connectivity index (χ0) is 35.9. The highest BCUT2D eigenvalue weighted by molar-refractivity contribution is 9.12. The van der Waals surface area contributed by atoms with Crippen LogP contribution < -0.4 is 0 Å². The van der Waals surface area contributed by atoms with E-state index in [-0.39, 0.29) is 21.8 Å². The number of ether oxygens (including phenoxy) is 1. The molecule has 4 saturated carbocycles. The van der Waals surface area contributed by atoms with Crippen LogP contribution in [-0.2, 0) is 9.53 Å². The van der Waals surface area contributed by atoms with E-state index in [4.69, 9.17) is 4.74 Å². The number of halogens is 2. The van der Waals surface area contributed by atoms with Crippen molar-refractivity contribution in [2.45, 2.75) is 248 Å². The van der Waals surface area contributed by atoms with Crippen molar-refractivity contribution in [2.24, 2.45) is 34.5 Å². The van der Waals surface area contributed by atoms with Gasteiger partial charge in [0.1, 0.15) is 6.10 Å². The second-order valence-electron chi connectivity index (χ2n) is 18.6. The van der Waals surface area contributed by atoms with E-state index in [9.17, 15) is 4.79 Å². The van der Waals surface area contributed by atoms with E-state index in [1.54, 1.807) is 0 Å². The van der Waals surface area contributed by atoms with Gasteiger partial charge < -0.3 is 4.74 Å². The van der Waals surface area contributed by atoms with Crippen molar-refractivity contribution >= 4 is 37.8 Å². The van der Waals surface area contributed by atoms with Gasteiger partial charge in [-0.2, -0.15) is 0 Å². The minimum atomic E-state index is 0.0167. The molecule has 0 spiro atoms. The van der Waals surface area contributed by atoms with Gasteiger partial charge in [0.15, 0.2) is 0 Å². The predicted octanol–water partition coefficient (Wildman–Crippen LogP) is 15.9. The maximum atomic E-state index is 13.0.